The van der Waals surface area contributed by atoms with Gasteiger partial charge in [-0.05, 0) is 30.7 Å². The van der Waals surface area contributed by atoms with Crippen molar-refractivity contribution in [1.82, 2.24) is 0 Å². The van der Waals surface area contributed by atoms with E-state index in [-0.39, 0.29) is 6.61 Å². The Morgan fingerprint density at radius 1 is 1.47 bits per heavy atom. The van der Waals surface area contributed by atoms with Gasteiger partial charge in [0.1, 0.15) is 5.75 Å². The number of hydrogen-bond donors (Lipinski definition) is 2. The van der Waals surface area contributed by atoms with E-state index >= 15 is 0 Å². The fourth-order valence-electron chi connectivity index (χ4n) is 1.32. The minimum atomic E-state index is 0.0434. The third-order valence-electron chi connectivity index (χ3n) is 2.11. The van der Waals surface area contributed by atoms with Crippen molar-refractivity contribution in [1.29, 1.82) is 0 Å². The maximum absolute atomic E-state index is 9.01. The Morgan fingerprint density at radius 2 is 2.27 bits per heavy atom. The van der Waals surface area contributed by atoms with Crippen LogP contribution < -0.4 is 10.5 Å². The van der Waals surface area contributed by atoms with Crippen molar-refractivity contribution in [2.75, 3.05) is 13.7 Å². The lowest BCUT2D eigenvalue weighted by Crippen LogP contribution is -1.95. The SMILES string of the molecule is COc1ccc(CO)cc1C=CCCN. The van der Waals surface area contributed by atoms with E-state index in [9.17, 15) is 0 Å². The normalized spacial score (nSPS) is 10.9. The quantitative estimate of drug-likeness (QED) is 0.770. The first-order chi connectivity index (χ1) is 7.31. The third kappa shape index (κ3) is 3.38. The second kappa shape index (κ2) is 6.22. The number of aliphatic hydroxyl groups is 1. The van der Waals surface area contributed by atoms with Gasteiger partial charge in [-0.2, -0.15) is 0 Å². The van der Waals surface area contributed by atoms with E-state index in [0.29, 0.717) is 6.54 Å². The minimum absolute atomic E-state index is 0.0434. The zero-order valence-electron chi connectivity index (χ0n) is 8.94. The maximum Gasteiger partial charge on any atom is 0.126 e. The molecule has 0 unspecified atom stereocenters. The van der Waals surface area contributed by atoms with Gasteiger partial charge < -0.3 is 15.6 Å². The van der Waals surface area contributed by atoms with Crippen molar-refractivity contribution in [3.63, 3.8) is 0 Å². The molecule has 0 aromatic heterocycles. The molecule has 0 radical (unpaired) electrons. The van der Waals surface area contributed by atoms with Crippen molar-refractivity contribution in [2.24, 2.45) is 5.73 Å². The standard InChI is InChI=1S/C12H17NO2/c1-15-12-6-5-10(9-14)8-11(12)4-2-3-7-13/h2,4-6,8,14H,3,7,9,13H2,1H3. The molecule has 0 heterocycles. The summed E-state index contributed by atoms with van der Waals surface area (Å²) in [6.07, 6.45) is 4.80. The van der Waals surface area contributed by atoms with Gasteiger partial charge >= 0.3 is 0 Å². The Morgan fingerprint density at radius 3 is 2.87 bits per heavy atom. The van der Waals surface area contributed by atoms with Crippen molar-refractivity contribution in [2.45, 2.75) is 13.0 Å². The molecule has 0 atom stereocenters. The van der Waals surface area contributed by atoms with E-state index in [1.54, 1.807) is 7.11 Å². The summed E-state index contributed by atoms with van der Waals surface area (Å²) < 4.78 is 5.21. The van der Waals surface area contributed by atoms with Gasteiger partial charge in [-0.3, -0.25) is 0 Å². The number of nitrogens with two attached hydrogens (primary N) is 1. The zero-order valence-corrected chi connectivity index (χ0v) is 8.94. The summed E-state index contributed by atoms with van der Waals surface area (Å²) in [7, 11) is 1.63. The van der Waals surface area contributed by atoms with E-state index < -0.39 is 0 Å². The van der Waals surface area contributed by atoms with E-state index in [2.05, 4.69) is 0 Å². The summed E-state index contributed by atoms with van der Waals surface area (Å²) >= 11 is 0. The Bertz CT molecular complexity index is 334. The molecule has 0 aliphatic heterocycles. The molecule has 0 bridgehead atoms. The largest absolute Gasteiger partial charge is 0.496 e. The van der Waals surface area contributed by atoms with Crippen molar-refractivity contribution in [3.8, 4) is 5.75 Å². The van der Waals surface area contributed by atoms with Crippen LogP contribution in [0.25, 0.3) is 6.08 Å². The first kappa shape index (κ1) is 11.8. The molecule has 0 aliphatic rings. The molecule has 0 aliphatic carbocycles. The number of methoxy groups -OCH3 is 1. The summed E-state index contributed by atoms with van der Waals surface area (Å²) in [6, 6.07) is 5.61. The molecule has 3 N–H and O–H groups in total. The highest BCUT2D eigenvalue weighted by Gasteiger charge is 2.00. The second-order valence-corrected chi connectivity index (χ2v) is 3.21. The smallest absolute Gasteiger partial charge is 0.126 e. The zero-order chi connectivity index (χ0) is 11.1. The molecule has 3 nitrogen and oxygen atoms in total. The van der Waals surface area contributed by atoms with Crippen LogP contribution in [0.1, 0.15) is 17.5 Å². The summed E-state index contributed by atoms with van der Waals surface area (Å²) in [5.74, 6) is 0.806. The van der Waals surface area contributed by atoms with Gasteiger partial charge in [0.05, 0.1) is 13.7 Å². The van der Waals surface area contributed by atoms with Crippen LogP contribution in [0, 0.1) is 0 Å². The third-order valence-corrected chi connectivity index (χ3v) is 2.11. The van der Waals surface area contributed by atoms with E-state index in [1.165, 1.54) is 0 Å². The Kier molecular flexibility index (Phi) is 4.87. The first-order valence-corrected chi connectivity index (χ1v) is 4.96. The summed E-state index contributed by atoms with van der Waals surface area (Å²) in [5, 5.41) is 9.01. The summed E-state index contributed by atoms with van der Waals surface area (Å²) in [5.41, 5.74) is 7.24. The highest BCUT2D eigenvalue weighted by atomic mass is 16.5. The highest BCUT2D eigenvalue weighted by Crippen LogP contribution is 2.21. The molecule has 3 heteroatoms. The van der Waals surface area contributed by atoms with Crippen molar-refractivity contribution >= 4 is 6.08 Å². The summed E-state index contributed by atoms with van der Waals surface area (Å²) in [6.45, 7) is 0.681. The van der Waals surface area contributed by atoms with E-state index in [4.69, 9.17) is 15.6 Å². The predicted molar refractivity (Wildman–Crippen MR) is 61.6 cm³/mol. The molecule has 1 aromatic carbocycles. The lowest BCUT2D eigenvalue weighted by molar-refractivity contribution is 0.281. The van der Waals surface area contributed by atoms with Gasteiger partial charge in [0.15, 0.2) is 0 Å². The van der Waals surface area contributed by atoms with Crippen LogP contribution in [0.2, 0.25) is 0 Å². The lowest BCUT2D eigenvalue weighted by Gasteiger charge is -2.06. The average molecular weight is 207 g/mol. The molecule has 82 valence electrons. The Balaban J connectivity index is 2.90. The molecule has 1 aromatic rings. The minimum Gasteiger partial charge on any atom is -0.496 e. The molecule has 0 amide bonds. The monoisotopic (exact) mass is 207 g/mol. The van der Waals surface area contributed by atoms with Gasteiger partial charge in [-0.1, -0.05) is 18.2 Å². The van der Waals surface area contributed by atoms with Gasteiger partial charge in [-0.25, -0.2) is 0 Å². The van der Waals surface area contributed by atoms with Crippen LogP contribution in [0.4, 0.5) is 0 Å². The van der Waals surface area contributed by atoms with Gasteiger partial charge in [0.25, 0.3) is 0 Å². The predicted octanol–water partition coefficient (Wildman–Crippen LogP) is 1.55. The second-order valence-electron chi connectivity index (χ2n) is 3.21. The lowest BCUT2D eigenvalue weighted by atomic mass is 10.1. The van der Waals surface area contributed by atoms with Crippen molar-refractivity contribution < 1.29 is 9.84 Å². The molecule has 0 fully saturated rings. The summed E-state index contributed by atoms with van der Waals surface area (Å²) in [4.78, 5) is 0. The topological polar surface area (TPSA) is 55.5 Å². The Labute approximate surface area is 90.2 Å². The highest BCUT2D eigenvalue weighted by molar-refractivity contribution is 5.58. The maximum atomic E-state index is 9.01. The van der Waals surface area contributed by atoms with Crippen LogP contribution in [0.15, 0.2) is 24.3 Å². The van der Waals surface area contributed by atoms with Gasteiger partial charge in [0.2, 0.25) is 0 Å². The van der Waals surface area contributed by atoms with E-state index in [0.717, 1.165) is 23.3 Å². The molecule has 0 spiro atoms. The Hall–Kier alpha value is -1.32. The van der Waals surface area contributed by atoms with Crippen LogP contribution >= 0.6 is 0 Å². The molecular formula is C12H17NO2. The van der Waals surface area contributed by atoms with Crippen LogP contribution in [0.5, 0.6) is 5.75 Å². The number of benzene rings is 1. The number of aliphatic hydroxyl groups excluding tert-OH is 1. The van der Waals surface area contributed by atoms with Crippen LogP contribution in [0.3, 0.4) is 0 Å². The number of ether oxygens (including phenoxy) is 1. The average Bonchev–Trinajstić information content (AvgIpc) is 2.29. The molecule has 15 heavy (non-hydrogen) atoms. The van der Waals surface area contributed by atoms with Crippen LogP contribution in [-0.4, -0.2) is 18.8 Å². The van der Waals surface area contributed by atoms with Gasteiger partial charge in [0, 0.05) is 5.56 Å². The van der Waals surface area contributed by atoms with Crippen molar-refractivity contribution in [3.05, 3.63) is 35.4 Å². The fraction of sp³-hybridized carbons (Fsp3) is 0.333. The van der Waals surface area contributed by atoms with Gasteiger partial charge in [-0.15, -0.1) is 0 Å². The molecule has 0 saturated heterocycles. The fourth-order valence-corrected chi connectivity index (χ4v) is 1.32. The molecule has 1 rings (SSSR count). The van der Waals surface area contributed by atoms with E-state index in [1.807, 2.05) is 30.4 Å². The number of rotatable bonds is 5. The first-order valence-electron chi connectivity index (χ1n) is 4.96. The molecule has 0 saturated carbocycles. The van der Waals surface area contributed by atoms with Crippen LogP contribution in [-0.2, 0) is 6.61 Å². The number of hydrogen-bond acceptors (Lipinski definition) is 3. The molecular weight excluding hydrogens is 190 g/mol.